The Labute approximate surface area is 152 Å². The first-order chi connectivity index (χ1) is 12.5. The first kappa shape index (κ1) is 16.1. The van der Waals surface area contributed by atoms with Crippen LogP contribution in [-0.4, -0.2) is 16.2 Å². The van der Waals surface area contributed by atoms with Gasteiger partial charge in [-0.05, 0) is 76.2 Å². The fourth-order valence-electron chi connectivity index (χ4n) is 5.90. The molecule has 6 nitrogen and oxygen atoms in total. The number of nitrogens with zero attached hydrogens (tertiary/aromatic N) is 2. The highest BCUT2D eigenvalue weighted by molar-refractivity contribution is 5.77. The smallest absolute Gasteiger partial charge is 0.312 e. The predicted octanol–water partition coefficient (Wildman–Crippen LogP) is 4.21. The third kappa shape index (κ3) is 2.58. The fraction of sp³-hybridized carbons (Fsp3) is 0.650. The second kappa shape index (κ2) is 5.69. The highest BCUT2D eigenvalue weighted by atomic mass is 16.5. The van der Waals surface area contributed by atoms with Crippen molar-refractivity contribution in [2.45, 2.75) is 59.0 Å². The summed E-state index contributed by atoms with van der Waals surface area (Å²) in [6.45, 7) is 3.78. The van der Waals surface area contributed by atoms with Gasteiger partial charge in [0.1, 0.15) is 11.5 Å². The van der Waals surface area contributed by atoms with Crippen LogP contribution in [0.5, 0.6) is 0 Å². The summed E-state index contributed by atoms with van der Waals surface area (Å²) in [5.41, 5.74) is 0.532. The number of hydrogen-bond donors (Lipinski definition) is 0. The van der Waals surface area contributed by atoms with Crippen molar-refractivity contribution in [1.29, 1.82) is 0 Å². The van der Waals surface area contributed by atoms with Crippen LogP contribution in [0.2, 0.25) is 0 Å². The van der Waals surface area contributed by atoms with Crippen LogP contribution < -0.4 is 0 Å². The van der Waals surface area contributed by atoms with Gasteiger partial charge in [-0.25, -0.2) is 0 Å². The maximum Gasteiger partial charge on any atom is 0.312 e. The lowest BCUT2D eigenvalue weighted by atomic mass is 9.49. The normalized spacial score (nSPS) is 32.2. The van der Waals surface area contributed by atoms with E-state index in [9.17, 15) is 4.79 Å². The predicted molar refractivity (Wildman–Crippen MR) is 91.9 cm³/mol. The van der Waals surface area contributed by atoms with Gasteiger partial charge in [0.05, 0.1) is 11.0 Å². The number of furan rings is 1. The zero-order valence-corrected chi connectivity index (χ0v) is 15.3. The summed E-state index contributed by atoms with van der Waals surface area (Å²) >= 11 is 0. The topological polar surface area (TPSA) is 78.4 Å². The van der Waals surface area contributed by atoms with Crippen molar-refractivity contribution in [3.05, 3.63) is 23.5 Å². The Morgan fingerprint density at radius 2 is 1.77 bits per heavy atom. The van der Waals surface area contributed by atoms with Crippen LogP contribution in [0.4, 0.5) is 0 Å². The summed E-state index contributed by atoms with van der Waals surface area (Å²) in [6, 6.07) is 1.87. The number of carbonyl (C=O) groups is 1. The van der Waals surface area contributed by atoms with Crippen molar-refractivity contribution >= 4 is 5.97 Å². The van der Waals surface area contributed by atoms with E-state index in [0.29, 0.717) is 11.8 Å². The molecule has 0 radical (unpaired) electrons. The van der Waals surface area contributed by atoms with Gasteiger partial charge in [0.15, 0.2) is 6.61 Å². The zero-order chi connectivity index (χ0) is 17.9. The number of aromatic nitrogens is 2. The molecule has 0 aromatic carbocycles. The number of ether oxygens (including phenoxy) is 1. The van der Waals surface area contributed by atoms with E-state index in [-0.39, 0.29) is 18.0 Å². The molecule has 0 atom stereocenters. The highest BCUT2D eigenvalue weighted by Gasteiger charge is 2.55. The molecule has 0 N–H and O–H groups in total. The van der Waals surface area contributed by atoms with E-state index in [1.165, 1.54) is 19.3 Å². The summed E-state index contributed by atoms with van der Waals surface area (Å²) in [6.07, 6.45) is 6.93. The van der Waals surface area contributed by atoms with Gasteiger partial charge >= 0.3 is 5.97 Å². The van der Waals surface area contributed by atoms with E-state index >= 15 is 0 Å². The van der Waals surface area contributed by atoms with E-state index in [0.717, 1.165) is 54.1 Å². The molecule has 4 fully saturated rings. The monoisotopic (exact) mass is 356 g/mol. The molecule has 138 valence electrons. The molecule has 0 aliphatic heterocycles. The quantitative estimate of drug-likeness (QED) is 0.764. The summed E-state index contributed by atoms with van der Waals surface area (Å²) in [4.78, 5) is 12.9. The standard InChI is InChI=1S/C20H24N2O4/c1-11-3-16(12(2)25-11)18-22-21-17(26-18)10-24-19(23)20-7-13-4-14(8-20)6-15(5-13)9-20/h3,13-15H,4-10H2,1-2H3. The molecule has 26 heavy (non-hydrogen) atoms. The van der Waals surface area contributed by atoms with Crippen molar-refractivity contribution in [3.63, 3.8) is 0 Å². The van der Waals surface area contributed by atoms with Crippen molar-refractivity contribution in [1.82, 2.24) is 10.2 Å². The van der Waals surface area contributed by atoms with E-state index in [1.54, 1.807) is 0 Å². The largest absolute Gasteiger partial charge is 0.466 e. The molecule has 4 aliphatic carbocycles. The molecule has 4 saturated carbocycles. The second-order valence-corrected chi connectivity index (χ2v) is 8.60. The molecule has 0 unspecified atom stereocenters. The van der Waals surface area contributed by atoms with Gasteiger partial charge in [0, 0.05) is 0 Å². The lowest BCUT2D eigenvalue weighted by molar-refractivity contribution is -0.173. The Hall–Kier alpha value is -2.11. The van der Waals surface area contributed by atoms with E-state index in [4.69, 9.17) is 13.6 Å². The first-order valence-electron chi connectivity index (χ1n) is 9.58. The summed E-state index contributed by atoms with van der Waals surface area (Å²) < 4.78 is 16.8. The molecule has 4 aliphatic rings. The number of aryl methyl sites for hydroxylation is 2. The van der Waals surface area contributed by atoms with Crippen LogP contribution in [0, 0.1) is 37.0 Å². The number of esters is 1. The van der Waals surface area contributed by atoms with E-state index < -0.39 is 0 Å². The molecule has 2 aromatic rings. The van der Waals surface area contributed by atoms with Crippen molar-refractivity contribution in [2.75, 3.05) is 0 Å². The Balaban J connectivity index is 1.27. The van der Waals surface area contributed by atoms with Crippen LogP contribution >= 0.6 is 0 Å². The molecule has 0 saturated heterocycles. The molecule has 4 bridgehead atoms. The van der Waals surface area contributed by atoms with Gasteiger partial charge in [-0.15, -0.1) is 10.2 Å². The van der Waals surface area contributed by atoms with Crippen LogP contribution in [0.3, 0.4) is 0 Å². The summed E-state index contributed by atoms with van der Waals surface area (Å²) in [5.74, 6) is 4.36. The molecular formula is C20H24N2O4. The van der Waals surface area contributed by atoms with Crippen molar-refractivity contribution < 1.29 is 18.4 Å². The maximum atomic E-state index is 12.9. The highest BCUT2D eigenvalue weighted by Crippen LogP contribution is 2.60. The Kier molecular flexibility index (Phi) is 3.52. The molecule has 2 heterocycles. The van der Waals surface area contributed by atoms with Crippen molar-refractivity contribution in [2.24, 2.45) is 23.2 Å². The lowest BCUT2D eigenvalue weighted by Crippen LogP contribution is -2.50. The second-order valence-electron chi connectivity index (χ2n) is 8.60. The number of carbonyl (C=O) groups excluding carboxylic acids is 1. The zero-order valence-electron chi connectivity index (χ0n) is 15.3. The third-order valence-electron chi connectivity index (χ3n) is 6.54. The first-order valence-corrected chi connectivity index (χ1v) is 9.58. The Bertz CT molecular complexity index is 815. The maximum absolute atomic E-state index is 12.9. The van der Waals surface area contributed by atoms with Crippen LogP contribution in [-0.2, 0) is 16.1 Å². The Morgan fingerprint density at radius 1 is 1.12 bits per heavy atom. The summed E-state index contributed by atoms with van der Waals surface area (Å²) in [5, 5.41) is 8.09. The minimum Gasteiger partial charge on any atom is -0.466 e. The molecular weight excluding hydrogens is 332 g/mol. The SMILES string of the molecule is Cc1cc(-c2nnc(COC(=O)C34CC5CC(CC(C5)C3)C4)o2)c(C)o1. The number of rotatable bonds is 4. The Morgan fingerprint density at radius 3 is 2.35 bits per heavy atom. The van der Waals surface area contributed by atoms with E-state index in [1.807, 2.05) is 19.9 Å². The van der Waals surface area contributed by atoms with Gasteiger partial charge in [-0.3, -0.25) is 4.79 Å². The number of hydrogen-bond acceptors (Lipinski definition) is 6. The third-order valence-corrected chi connectivity index (χ3v) is 6.54. The van der Waals surface area contributed by atoms with Crippen molar-refractivity contribution in [3.8, 4) is 11.5 Å². The van der Waals surface area contributed by atoms with Crippen LogP contribution in [0.15, 0.2) is 14.9 Å². The van der Waals surface area contributed by atoms with Gasteiger partial charge < -0.3 is 13.6 Å². The fourth-order valence-corrected chi connectivity index (χ4v) is 5.90. The van der Waals surface area contributed by atoms with Crippen LogP contribution in [0.1, 0.15) is 55.9 Å². The molecule has 6 heteroatoms. The molecule has 0 amide bonds. The average molecular weight is 356 g/mol. The molecule has 0 spiro atoms. The average Bonchev–Trinajstić information content (AvgIpc) is 3.17. The molecule has 2 aromatic heterocycles. The van der Waals surface area contributed by atoms with Gasteiger partial charge in [-0.2, -0.15) is 0 Å². The minimum atomic E-state index is -0.254. The lowest BCUT2D eigenvalue weighted by Gasteiger charge is -2.55. The minimum absolute atomic E-state index is 0.0451. The molecule has 6 rings (SSSR count). The van der Waals surface area contributed by atoms with Crippen LogP contribution in [0.25, 0.3) is 11.5 Å². The summed E-state index contributed by atoms with van der Waals surface area (Å²) in [7, 11) is 0. The van der Waals surface area contributed by atoms with E-state index in [2.05, 4.69) is 10.2 Å². The van der Waals surface area contributed by atoms with Gasteiger partial charge in [0.25, 0.3) is 11.8 Å². The van der Waals surface area contributed by atoms with Gasteiger partial charge in [-0.1, -0.05) is 0 Å². The van der Waals surface area contributed by atoms with Gasteiger partial charge in [0.2, 0.25) is 0 Å².